The minimum absolute atomic E-state index is 0.0683. The Kier molecular flexibility index (Phi) is 7.83. The van der Waals surface area contributed by atoms with Gasteiger partial charge in [0.05, 0.1) is 6.54 Å². The number of nitrogens with one attached hydrogen (secondary N) is 3. The van der Waals surface area contributed by atoms with Crippen LogP contribution in [0, 0.1) is 0 Å². The maximum absolute atomic E-state index is 11.1. The molecule has 0 radical (unpaired) electrons. The number of carbonyl (C=O) groups is 2. The zero-order valence-electron chi connectivity index (χ0n) is 8.85. The van der Waals surface area contributed by atoms with E-state index < -0.39 is 0 Å². The molecule has 0 aliphatic rings. The highest BCUT2D eigenvalue weighted by molar-refractivity contribution is 5.84. The van der Waals surface area contributed by atoms with Gasteiger partial charge in [0.15, 0.2) is 0 Å². The Bertz CT molecular complexity index is 183. The van der Waals surface area contributed by atoms with Gasteiger partial charge in [-0.3, -0.25) is 9.59 Å². The van der Waals surface area contributed by atoms with Crippen molar-refractivity contribution in [2.24, 2.45) is 0 Å². The second kappa shape index (κ2) is 8.50. The second-order valence-electron chi connectivity index (χ2n) is 2.83. The normalized spacial score (nSPS) is 9.57. The van der Waals surface area contributed by atoms with Crippen molar-refractivity contribution in [3.63, 3.8) is 0 Å². The van der Waals surface area contributed by atoms with Crippen LogP contribution >= 0.6 is 0 Å². The minimum atomic E-state index is -0.149. The van der Waals surface area contributed by atoms with E-state index in [4.69, 9.17) is 0 Å². The van der Waals surface area contributed by atoms with Crippen molar-refractivity contribution >= 4 is 11.8 Å². The van der Waals surface area contributed by atoms with Gasteiger partial charge in [-0.1, -0.05) is 6.92 Å². The standard InChI is InChI=1S/C9H19N3O2/c1-3-10-6-5-8(13)12-7-9(14)11-4-2/h10H,3-7H2,1-2H3,(H,11,14)(H,12,13). The van der Waals surface area contributed by atoms with Gasteiger partial charge in [-0.15, -0.1) is 0 Å². The first kappa shape index (κ1) is 12.9. The van der Waals surface area contributed by atoms with Crippen LogP contribution < -0.4 is 16.0 Å². The molecule has 0 heterocycles. The van der Waals surface area contributed by atoms with Crippen LogP contribution in [0.15, 0.2) is 0 Å². The summed E-state index contributed by atoms with van der Waals surface area (Å²) in [4.78, 5) is 22.0. The van der Waals surface area contributed by atoms with Crippen molar-refractivity contribution in [3.8, 4) is 0 Å². The lowest BCUT2D eigenvalue weighted by atomic mass is 10.4. The highest BCUT2D eigenvalue weighted by Crippen LogP contribution is 1.76. The van der Waals surface area contributed by atoms with Crippen LogP contribution in [0.1, 0.15) is 20.3 Å². The molecular formula is C9H19N3O2. The molecule has 14 heavy (non-hydrogen) atoms. The lowest BCUT2D eigenvalue weighted by Crippen LogP contribution is -2.37. The fourth-order valence-electron chi connectivity index (χ4n) is 0.906. The van der Waals surface area contributed by atoms with Gasteiger partial charge in [-0.05, 0) is 13.5 Å². The number of carbonyl (C=O) groups excluding carboxylic acids is 2. The molecule has 0 aromatic carbocycles. The van der Waals surface area contributed by atoms with Gasteiger partial charge in [-0.25, -0.2) is 0 Å². The summed E-state index contributed by atoms with van der Waals surface area (Å²) in [6.07, 6.45) is 0.410. The first-order valence-corrected chi connectivity index (χ1v) is 4.94. The average molecular weight is 201 g/mol. The Morgan fingerprint density at radius 1 is 1.00 bits per heavy atom. The smallest absolute Gasteiger partial charge is 0.239 e. The van der Waals surface area contributed by atoms with Crippen LogP contribution in [-0.2, 0) is 9.59 Å². The van der Waals surface area contributed by atoms with E-state index in [1.54, 1.807) is 0 Å². The molecular weight excluding hydrogens is 182 g/mol. The molecule has 0 aromatic rings. The fourth-order valence-corrected chi connectivity index (χ4v) is 0.906. The Labute approximate surface area is 84.6 Å². The number of likely N-dealkylation sites (N-methyl/N-ethyl adjacent to an activating group) is 1. The van der Waals surface area contributed by atoms with Gasteiger partial charge in [0, 0.05) is 19.5 Å². The molecule has 0 rings (SSSR count). The molecule has 0 aromatic heterocycles. The van der Waals surface area contributed by atoms with Gasteiger partial charge in [-0.2, -0.15) is 0 Å². The summed E-state index contributed by atoms with van der Waals surface area (Å²) in [6, 6.07) is 0. The lowest BCUT2D eigenvalue weighted by Gasteiger charge is -2.05. The summed E-state index contributed by atoms with van der Waals surface area (Å²) in [7, 11) is 0. The quantitative estimate of drug-likeness (QED) is 0.474. The Hall–Kier alpha value is -1.10. The van der Waals surface area contributed by atoms with Crippen LogP contribution in [0.5, 0.6) is 0 Å². The Morgan fingerprint density at radius 2 is 1.71 bits per heavy atom. The van der Waals surface area contributed by atoms with Crippen molar-refractivity contribution in [2.45, 2.75) is 20.3 Å². The fraction of sp³-hybridized carbons (Fsp3) is 0.778. The molecule has 0 aliphatic carbocycles. The minimum Gasteiger partial charge on any atom is -0.355 e. The molecule has 0 fully saturated rings. The summed E-state index contributed by atoms with van der Waals surface area (Å²) < 4.78 is 0. The Balaban J connectivity index is 3.39. The molecule has 0 bridgehead atoms. The Morgan fingerprint density at radius 3 is 2.29 bits per heavy atom. The van der Waals surface area contributed by atoms with Crippen LogP contribution in [0.25, 0.3) is 0 Å². The van der Waals surface area contributed by atoms with E-state index in [1.165, 1.54) is 0 Å². The van der Waals surface area contributed by atoms with E-state index >= 15 is 0 Å². The third-order valence-corrected chi connectivity index (χ3v) is 1.60. The third kappa shape index (κ3) is 7.54. The molecule has 0 unspecified atom stereocenters. The van der Waals surface area contributed by atoms with E-state index in [2.05, 4.69) is 16.0 Å². The van der Waals surface area contributed by atoms with E-state index in [9.17, 15) is 9.59 Å². The predicted octanol–water partition coefficient (Wildman–Crippen LogP) is -0.762. The van der Waals surface area contributed by atoms with Crippen LogP contribution in [-0.4, -0.2) is 38.0 Å². The predicted molar refractivity (Wildman–Crippen MR) is 54.9 cm³/mol. The molecule has 5 nitrogen and oxygen atoms in total. The highest BCUT2D eigenvalue weighted by atomic mass is 16.2. The highest BCUT2D eigenvalue weighted by Gasteiger charge is 2.03. The molecule has 0 atom stereocenters. The van der Waals surface area contributed by atoms with Crippen molar-refractivity contribution in [1.82, 2.24) is 16.0 Å². The number of amides is 2. The van der Waals surface area contributed by atoms with Gasteiger partial charge < -0.3 is 16.0 Å². The van der Waals surface area contributed by atoms with Crippen molar-refractivity contribution in [1.29, 1.82) is 0 Å². The lowest BCUT2D eigenvalue weighted by molar-refractivity contribution is -0.126. The number of hydrogen-bond donors (Lipinski definition) is 3. The van der Waals surface area contributed by atoms with Gasteiger partial charge in [0.1, 0.15) is 0 Å². The molecule has 5 heteroatoms. The molecule has 0 saturated carbocycles. The van der Waals surface area contributed by atoms with Crippen molar-refractivity contribution in [2.75, 3.05) is 26.2 Å². The average Bonchev–Trinajstić information content (AvgIpc) is 2.16. The van der Waals surface area contributed by atoms with E-state index in [1.807, 2.05) is 13.8 Å². The molecule has 82 valence electrons. The monoisotopic (exact) mass is 201 g/mol. The van der Waals surface area contributed by atoms with E-state index in [-0.39, 0.29) is 18.4 Å². The number of hydrogen-bond acceptors (Lipinski definition) is 3. The summed E-state index contributed by atoms with van der Waals surface area (Å²) in [5, 5.41) is 8.16. The molecule has 2 amide bonds. The molecule has 0 saturated heterocycles. The largest absolute Gasteiger partial charge is 0.355 e. The van der Waals surface area contributed by atoms with Crippen LogP contribution in [0.2, 0.25) is 0 Å². The number of rotatable bonds is 7. The summed E-state index contributed by atoms with van der Waals surface area (Å²) >= 11 is 0. The molecule has 3 N–H and O–H groups in total. The van der Waals surface area contributed by atoms with Gasteiger partial charge in [0.2, 0.25) is 11.8 Å². The zero-order chi connectivity index (χ0) is 10.8. The summed E-state index contributed by atoms with van der Waals surface area (Å²) in [6.45, 7) is 5.98. The maximum Gasteiger partial charge on any atom is 0.239 e. The van der Waals surface area contributed by atoms with E-state index in [0.29, 0.717) is 19.5 Å². The van der Waals surface area contributed by atoms with E-state index in [0.717, 1.165) is 6.54 Å². The van der Waals surface area contributed by atoms with Crippen LogP contribution in [0.4, 0.5) is 0 Å². The first-order valence-electron chi connectivity index (χ1n) is 4.94. The van der Waals surface area contributed by atoms with Crippen molar-refractivity contribution in [3.05, 3.63) is 0 Å². The van der Waals surface area contributed by atoms with Crippen LogP contribution in [0.3, 0.4) is 0 Å². The summed E-state index contributed by atoms with van der Waals surface area (Å²) in [5.74, 6) is -0.249. The molecule has 0 aliphatic heterocycles. The zero-order valence-corrected chi connectivity index (χ0v) is 8.85. The maximum atomic E-state index is 11.1. The second-order valence-corrected chi connectivity index (χ2v) is 2.83. The van der Waals surface area contributed by atoms with Gasteiger partial charge in [0.25, 0.3) is 0 Å². The first-order chi connectivity index (χ1) is 6.70. The molecule has 0 spiro atoms. The van der Waals surface area contributed by atoms with Gasteiger partial charge >= 0.3 is 0 Å². The topological polar surface area (TPSA) is 70.2 Å². The third-order valence-electron chi connectivity index (χ3n) is 1.60. The summed E-state index contributed by atoms with van der Waals surface area (Å²) in [5.41, 5.74) is 0. The van der Waals surface area contributed by atoms with Crippen molar-refractivity contribution < 1.29 is 9.59 Å². The SMILES string of the molecule is CCNCCC(=O)NCC(=O)NCC.